The Morgan fingerprint density at radius 1 is 1.57 bits per heavy atom. The lowest BCUT2D eigenvalue weighted by Crippen LogP contribution is -2.19. The average molecular weight is 209 g/mol. The van der Waals surface area contributed by atoms with Crippen molar-refractivity contribution < 1.29 is 9.53 Å². The summed E-state index contributed by atoms with van der Waals surface area (Å²) in [4.78, 5) is 14.5. The monoisotopic (exact) mass is 208 g/mol. The number of carbonyl (C=O) groups is 1. The fourth-order valence-corrected chi connectivity index (χ4v) is 1.48. The van der Waals surface area contributed by atoms with E-state index in [1.165, 1.54) is 0 Å². The van der Waals surface area contributed by atoms with Crippen LogP contribution in [0.15, 0.2) is 29.3 Å². The molecule has 0 bridgehead atoms. The summed E-state index contributed by atoms with van der Waals surface area (Å²) in [7, 11) is 0. The minimum absolute atomic E-state index is 0.287. The largest absolute Gasteiger partial charge is 0.577 e. The van der Waals surface area contributed by atoms with Crippen molar-refractivity contribution >= 4 is 23.9 Å². The van der Waals surface area contributed by atoms with Crippen LogP contribution >= 0.6 is 11.6 Å². The van der Waals surface area contributed by atoms with E-state index >= 15 is 0 Å². The molecule has 72 valence electrons. The van der Waals surface area contributed by atoms with Crippen molar-refractivity contribution in [2.24, 2.45) is 4.99 Å². The molecule has 0 aromatic heterocycles. The molecule has 14 heavy (non-hydrogen) atoms. The summed E-state index contributed by atoms with van der Waals surface area (Å²) >= 11 is 5.80. The molecule has 2 rings (SSSR count). The molecule has 1 aliphatic rings. The van der Waals surface area contributed by atoms with Gasteiger partial charge in [0.2, 0.25) is 0 Å². The minimum atomic E-state index is -0.534. The first-order valence-electron chi connectivity index (χ1n) is 4.15. The quantitative estimate of drug-likeness (QED) is 0.694. The van der Waals surface area contributed by atoms with Gasteiger partial charge < -0.3 is 14.5 Å². The lowest BCUT2D eigenvalue weighted by atomic mass is 10.1. The van der Waals surface area contributed by atoms with Crippen molar-refractivity contribution in [3.05, 3.63) is 34.9 Å². The summed E-state index contributed by atoms with van der Waals surface area (Å²) in [6, 6.07) is 7.31. The molecule has 0 fully saturated rings. The third-order valence-electron chi connectivity index (χ3n) is 1.94. The summed E-state index contributed by atoms with van der Waals surface area (Å²) in [6.07, 6.45) is 2.15. The van der Waals surface area contributed by atoms with Crippen LogP contribution in [0.3, 0.4) is 0 Å². The van der Waals surface area contributed by atoms with Crippen LogP contribution in [0.5, 0.6) is 0 Å². The molecule has 1 aliphatic heterocycles. The van der Waals surface area contributed by atoms with Crippen LogP contribution in [-0.2, 0) is 16.0 Å². The number of aliphatic imine (C=N–C) groups is 1. The number of rotatable bonds is 2. The minimum Gasteiger partial charge on any atom is -0.577 e. The molecule has 0 saturated carbocycles. The summed E-state index contributed by atoms with van der Waals surface area (Å²) in [5, 5.41) is 0.651. The van der Waals surface area contributed by atoms with Gasteiger partial charge in [0.25, 0.3) is 0 Å². The third-order valence-corrected chi connectivity index (χ3v) is 2.17. The highest BCUT2D eigenvalue weighted by molar-refractivity contribution is 6.30. The second-order valence-electron chi connectivity index (χ2n) is 2.98. The van der Waals surface area contributed by atoms with E-state index in [1.807, 2.05) is 12.1 Å². The molecule has 1 unspecified atom stereocenters. The van der Waals surface area contributed by atoms with Gasteiger partial charge in [0.05, 0.1) is 6.10 Å². The van der Waals surface area contributed by atoms with Gasteiger partial charge in [0, 0.05) is 17.8 Å². The van der Waals surface area contributed by atoms with E-state index in [4.69, 9.17) is 16.3 Å². The maximum absolute atomic E-state index is 11.1. The molecular formula is C10H7ClNO2-. The molecule has 1 atom stereocenters. The van der Waals surface area contributed by atoms with E-state index in [0.29, 0.717) is 11.4 Å². The Balaban J connectivity index is 2.08. The maximum Gasteiger partial charge on any atom is 0.128 e. The second kappa shape index (κ2) is 3.80. The predicted molar refractivity (Wildman–Crippen MR) is 52.5 cm³/mol. The topological polar surface area (TPSA) is 38.7 Å². The van der Waals surface area contributed by atoms with Crippen molar-refractivity contribution in [1.82, 2.24) is 0 Å². The van der Waals surface area contributed by atoms with E-state index in [0.717, 1.165) is 5.56 Å². The summed E-state index contributed by atoms with van der Waals surface area (Å²) in [6.45, 7) is 0. The second-order valence-corrected chi connectivity index (χ2v) is 3.42. The normalized spacial score (nSPS) is 19.8. The summed E-state index contributed by atoms with van der Waals surface area (Å²) in [5.41, 5.74) is 0.953. The number of benzene rings is 1. The van der Waals surface area contributed by atoms with Crippen molar-refractivity contribution in [2.75, 3.05) is 0 Å². The Hall–Kier alpha value is -1.35. The van der Waals surface area contributed by atoms with Crippen LogP contribution in [-0.4, -0.2) is 18.4 Å². The number of carbonyl (C=O) groups excluding carboxylic acids is 1. The van der Waals surface area contributed by atoms with E-state index in [-0.39, 0.29) is 5.91 Å². The maximum atomic E-state index is 11.1. The van der Waals surface area contributed by atoms with E-state index in [1.54, 1.807) is 12.1 Å². The molecule has 4 heteroatoms. The Bertz CT molecular complexity index is 389. The van der Waals surface area contributed by atoms with Gasteiger partial charge in [-0.25, -0.2) is 0 Å². The molecule has 3 nitrogen and oxygen atoms in total. The Kier molecular flexibility index (Phi) is 2.50. The van der Waals surface area contributed by atoms with Crippen LogP contribution in [0.25, 0.3) is 0 Å². The number of hydrogen-bond acceptors (Lipinski definition) is 2. The molecule has 1 heterocycles. The molecule has 0 radical (unpaired) electrons. The summed E-state index contributed by atoms with van der Waals surface area (Å²) in [5.74, 6) is -0.287. The molecular weight excluding hydrogens is 202 g/mol. The Morgan fingerprint density at radius 3 is 3.07 bits per heavy atom. The fourth-order valence-electron chi connectivity index (χ4n) is 1.26. The number of hydrogen-bond donors (Lipinski definition) is 0. The molecule has 0 saturated heterocycles. The van der Waals surface area contributed by atoms with Crippen LogP contribution in [0.1, 0.15) is 5.56 Å². The van der Waals surface area contributed by atoms with E-state index in [2.05, 4.69) is 11.4 Å². The highest BCUT2D eigenvalue weighted by atomic mass is 35.5. The molecule has 1 aromatic carbocycles. The lowest BCUT2D eigenvalue weighted by Gasteiger charge is -2.13. The molecule has 1 amide bonds. The van der Waals surface area contributed by atoms with Crippen molar-refractivity contribution in [1.29, 1.82) is 0 Å². The van der Waals surface area contributed by atoms with Gasteiger partial charge in [0.1, 0.15) is 5.91 Å². The third kappa shape index (κ3) is 1.93. The van der Waals surface area contributed by atoms with Gasteiger partial charge in [-0.1, -0.05) is 23.7 Å². The zero-order valence-corrected chi connectivity index (χ0v) is 7.99. The molecule has 0 N–H and O–H groups in total. The van der Waals surface area contributed by atoms with Gasteiger partial charge in [-0.05, 0) is 17.7 Å². The highest BCUT2D eigenvalue weighted by Crippen LogP contribution is 2.15. The van der Waals surface area contributed by atoms with Gasteiger partial charge >= 0.3 is 0 Å². The smallest absolute Gasteiger partial charge is 0.128 e. The van der Waals surface area contributed by atoms with Crippen molar-refractivity contribution in [3.63, 3.8) is 0 Å². The molecule has 1 aromatic rings. The Labute approximate surface area is 86.4 Å². The number of halogens is 1. The fraction of sp³-hybridized carbons (Fsp3) is 0.200. The van der Waals surface area contributed by atoms with Gasteiger partial charge in [-0.3, -0.25) is 0 Å². The molecule has 0 spiro atoms. The van der Waals surface area contributed by atoms with Crippen LogP contribution < -0.4 is 0 Å². The first-order valence-corrected chi connectivity index (χ1v) is 4.53. The number of ether oxygens (including phenoxy) is 1. The zero-order chi connectivity index (χ0) is 9.97. The predicted octanol–water partition coefficient (Wildman–Crippen LogP) is 1.71. The number of nitrogens with zero attached hydrogens (tertiary/aromatic N) is 1. The van der Waals surface area contributed by atoms with Crippen molar-refractivity contribution in [2.45, 2.75) is 12.5 Å². The van der Waals surface area contributed by atoms with E-state index < -0.39 is 6.10 Å². The first kappa shape index (κ1) is 9.21. The Morgan fingerprint density at radius 2 is 2.43 bits per heavy atom. The van der Waals surface area contributed by atoms with Gasteiger partial charge in [-0.15, -0.1) is 0 Å². The van der Waals surface area contributed by atoms with Crippen LogP contribution in [0.4, 0.5) is 0 Å². The standard InChI is InChI=1S/C10H7ClNO2/c11-8-3-1-2-7(4-8)5-9-10(13)12-6-14-9/h1-4,9H,5H2/q-1. The highest BCUT2D eigenvalue weighted by Gasteiger charge is 2.13. The summed E-state index contributed by atoms with van der Waals surface area (Å²) < 4.78 is 4.90. The van der Waals surface area contributed by atoms with Crippen LogP contribution in [0, 0.1) is 0 Å². The van der Waals surface area contributed by atoms with E-state index in [9.17, 15) is 4.79 Å². The first-order chi connectivity index (χ1) is 6.75. The average Bonchev–Trinajstić information content (AvgIpc) is 2.52. The van der Waals surface area contributed by atoms with Gasteiger partial charge in [0.15, 0.2) is 0 Å². The van der Waals surface area contributed by atoms with Crippen LogP contribution in [0.2, 0.25) is 5.02 Å². The zero-order valence-electron chi connectivity index (χ0n) is 7.24. The lowest BCUT2D eigenvalue weighted by molar-refractivity contribution is -0.122. The molecule has 0 aliphatic carbocycles. The SMILES string of the molecule is O=C1N=[C-]OC1Cc1cccc(Cl)c1. The number of amides is 1. The van der Waals surface area contributed by atoms with Gasteiger partial charge in [-0.2, -0.15) is 0 Å². The van der Waals surface area contributed by atoms with Crippen molar-refractivity contribution in [3.8, 4) is 0 Å².